The maximum absolute atomic E-state index is 10.4. The van der Waals surface area contributed by atoms with Crippen LogP contribution < -0.4 is 16.0 Å². The highest BCUT2D eigenvalue weighted by molar-refractivity contribution is 5.74. The molecule has 58 valence electrons. The lowest BCUT2D eigenvalue weighted by atomic mass is 10.6. The van der Waals surface area contributed by atoms with Crippen molar-refractivity contribution in [3.8, 4) is 0 Å². The summed E-state index contributed by atoms with van der Waals surface area (Å²) in [5.74, 6) is 0.399. The molecule has 0 saturated carbocycles. The molecule has 0 rings (SSSR count). The summed E-state index contributed by atoms with van der Waals surface area (Å²) in [6, 6.07) is 0. The van der Waals surface area contributed by atoms with Crippen LogP contribution in [0.1, 0.15) is 6.92 Å². The van der Waals surface area contributed by atoms with Gasteiger partial charge in [-0.25, -0.2) is 0 Å². The molecule has 3 N–H and O–H groups in total. The van der Waals surface area contributed by atoms with E-state index in [4.69, 9.17) is 0 Å². The predicted octanol–water partition coefficient (Wildman–Crippen LogP) is -0.640. The van der Waals surface area contributed by atoms with Gasteiger partial charge in [-0.05, 0) is 7.05 Å². The number of hydrogen-bond donors (Lipinski definition) is 3. The van der Waals surface area contributed by atoms with Crippen LogP contribution in [0.15, 0.2) is 12.4 Å². The zero-order valence-corrected chi connectivity index (χ0v) is 6.32. The molecule has 0 fully saturated rings. The topological polar surface area (TPSA) is 53.2 Å². The Kier molecular flexibility index (Phi) is 4.32. The lowest BCUT2D eigenvalue weighted by molar-refractivity contribution is -0.118. The van der Waals surface area contributed by atoms with Crippen LogP contribution >= 0.6 is 0 Å². The molecule has 0 atom stereocenters. The molecular formula is C6H13N3O. The van der Waals surface area contributed by atoms with Gasteiger partial charge in [-0.1, -0.05) is 6.58 Å². The van der Waals surface area contributed by atoms with E-state index in [0.29, 0.717) is 12.5 Å². The Labute approximate surface area is 60.7 Å². The minimum Gasteiger partial charge on any atom is -0.360 e. The summed E-state index contributed by atoms with van der Waals surface area (Å²) in [5.41, 5.74) is 0. The molecule has 1 amide bonds. The Morgan fingerprint density at radius 2 is 2.20 bits per heavy atom. The number of amides is 1. The van der Waals surface area contributed by atoms with Crippen LogP contribution in [0, 0.1) is 0 Å². The van der Waals surface area contributed by atoms with Crippen LogP contribution in [0.2, 0.25) is 0 Å². The molecule has 0 aliphatic carbocycles. The summed E-state index contributed by atoms with van der Waals surface area (Å²) in [6.45, 7) is 5.58. The molecule has 0 spiro atoms. The van der Waals surface area contributed by atoms with Crippen molar-refractivity contribution in [1.29, 1.82) is 0 Å². The smallest absolute Gasteiger partial charge is 0.222 e. The second-order valence-electron chi connectivity index (χ2n) is 1.87. The Bertz CT molecular complexity index is 133. The summed E-state index contributed by atoms with van der Waals surface area (Å²) in [4.78, 5) is 10.4. The van der Waals surface area contributed by atoms with Crippen molar-refractivity contribution in [2.24, 2.45) is 0 Å². The van der Waals surface area contributed by atoms with Crippen LogP contribution in [0.3, 0.4) is 0 Å². The monoisotopic (exact) mass is 143 g/mol. The van der Waals surface area contributed by atoms with Crippen LogP contribution in [0.4, 0.5) is 0 Å². The zero-order valence-electron chi connectivity index (χ0n) is 6.32. The van der Waals surface area contributed by atoms with E-state index in [0.717, 1.165) is 0 Å². The zero-order chi connectivity index (χ0) is 7.98. The van der Waals surface area contributed by atoms with Crippen molar-refractivity contribution in [3.63, 3.8) is 0 Å². The van der Waals surface area contributed by atoms with Gasteiger partial charge in [0, 0.05) is 6.92 Å². The van der Waals surface area contributed by atoms with Gasteiger partial charge in [0.05, 0.1) is 12.5 Å². The maximum Gasteiger partial charge on any atom is 0.222 e. The van der Waals surface area contributed by atoms with E-state index in [2.05, 4.69) is 22.5 Å². The fraction of sp³-hybridized carbons (Fsp3) is 0.500. The Morgan fingerprint density at radius 3 is 2.60 bits per heavy atom. The fourth-order valence-electron chi connectivity index (χ4n) is 0.452. The first-order valence-corrected chi connectivity index (χ1v) is 3.01. The number of rotatable bonds is 4. The third-order valence-corrected chi connectivity index (χ3v) is 0.805. The van der Waals surface area contributed by atoms with Gasteiger partial charge < -0.3 is 16.0 Å². The molecular weight excluding hydrogens is 130 g/mol. The molecule has 0 aliphatic heterocycles. The Morgan fingerprint density at radius 1 is 1.60 bits per heavy atom. The number of hydrogen-bond acceptors (Lipinski definition) is 3. The molecule has 0 aliphatic rings. The van der Waals surface area contributed by atoms with Crippen molar-refractivity contribution in [3.05, 3.63) is 12.4 Å². The SMILES string of the molecule is C=C(NCNC)NC(C)=O. The van der Waals surface area contributed by atoms with E-state index in [-0.39, 0.29) is 5.91 Å². The van der Waals surface area contributed by atoms with Gasteiger partial charge in [0.1, 0.15) is 0 Å². The first kappa shape index (κ1) is 8.97. The predicted molar refractivity (Wildman–Crippen MR) is 40.0 cm³/mol. The minimum atomic E-state index is -0.117. The standard InChI is InChI=1S/C6H13N3O/c1-5(8-4-7-3)9-6(2)10/h7-8H,1,4H2,2-3H3,(H,9,10). The lowest BCUT2D eigenvalue weighted by Gasteiger charge is -2.07. The van der Waals surface area contributed by atoms with E-state index >= 15 is 0 Å². The molecule has 0 heterocycles. The van der Waals surface area contributed by atoms with E-state index < -0.39 is 0 Å². The molecule has 0 aromatic carbocycles. The summed E-state index contributed by atoms with van der Waals surface area (Å²) in [7, 11) is 1.80. The largest absolute Gasteiger partial charge is 0.360 e. The van der Waals surface area contributed by atoms with Crippen LogP contribution in [-0.4, -0.2) is 19.6 Å². The third-order valence-electron chi connectivity index (χ3n) is 0.805. The average Bonchev–Trinajstić information content (AvgIpc) is 1.82. The van der Waals surface area contributed by atoms with Crippen molar-refractivity contribution >= 4 is 5.91 Å². The van der Waals surface area contributed by atoms with Gasteiger partial charge in [0.2, 0.25) is 5.91 Å². The van der Waals surface area contributed by atoms with Crippen molar-refractivity contribution in [1.82, 2.24) is 16.0 Å². The number of nitrogens with one attached hydrogen (secondary N) is 3. The summed E-state index contributed by atoms with van der Waals surface area (Å²) in [5, 5.41) is 8.17. The second-order valence-corrected chi connectivity index (χ2v) is 1.87. The summed E-state index contributed by atoms with van der Waals surface area (Å²) < 4.78 is 0. The highest BCUT2D eigenvalue weighted by Crippen LogP contribution is 1.72. The summed E-state index contributed by atoms with van der Waals surface area (Å²) >= 11 is 0. The fourth-order valence-corrected chi connectivity index (χ4v) is 0.452. The van der Waals surface area contributed by atoms with Crippen LogP contribution in [0.25, 0.3) is 0 Å². The third kappa shape index (κ3) is 5.11. The van der Waals surface area contributed by atoms with E-state index in [1.807, 2.05) is 0 Å². The lowest BCUT2D eigenvalue weighted by Crippen LogP contribution is -2.33. The van der Waals surface area contributed by atoms with E-state index in [1.54, 1.807) is 7.05 Å². The van der Waals surface area contributed by atoms with Crippen molar-refractivity contribution in [2.45, 2.75) is 6.92 Å². The number of carbonyl (C=O) groups excluding carboxylic acids is 1. The molecule has 0 saturated heterocycles. The molecule has 4 nitrogen and oxygen atoms in total. The second kappa shape index (κ2) is 4.81. The maximum atomic E-state index is 10.4. The van der Waals surface area contributed by atoms with E-state index in [9.17, 15) is 4.79 Å². The quantitative estimate of drug-likeness (QED) is 0.459. The molecule has 10 heavy (non-hydrogen) atoms. The molecule has 4 heteroatoms. The van der Waals surface area contributed by atoms with Gasteiger partial charge >= 0.3 is 0 Å². The van der Waals surface area contributed by atoms with Crippen molar-refractivity contribution < 1.29 is 4.79 Å². The molecule has 0 radical (unpaired) electrons. The molecule has 0 aromatic rings. The molecule has 0 unspecified atom stereocenters. The van der Waals surface area contributed by atoms with Gasteiger partial charge in [0.15, 0.2) is 0 Å². The molecule has 0 aromatic heterocycles. The Hall–Kier alpha value is -1.03. The number of carbonyl (C=O) groups is 1. The average molecular weight is 143 g/mol. The van der Waals surface area contributed by atoms with Gasteiger partial charge in [-0.3, -0.25) is 4.79 Å². The normalized spacial score (nSPS) is 8.60. The first-order chi connectivity index (χ1) is 4.66. The molecule has 0 bridgehead atoms. The van der Waals surface area contributed by atoms with E-state index in [1.165, 1.54) is 6.92 Å². The van der Waals surface area contributed by atoms with Gasteiger partial charge in [0.25, 0.3) is 0 Å². The highest BCUT2D eigenvalue weighted by atomic mass is 16.1. The van der Waals surface area contributed by atoms with Crippen LogP contribution in [0.5, 0.6) is 0 Å². The van der Waals surface area contributed by atoms with Crippen molar-refractivity contribution in [2.75, 3.05) is 13.7 Å². The highest BCUT2D eigenvalue weighted by Gasteiger charge is 1.91. The first-order valence-electron chi connectivity index (χ1n) is 3.01. The summed E-state index contributed by atoms with van der Waals surface area (Å²) in [6.07, 6.45) is 0. The van der Waals surface area contributed by atoms with Crippen LogP contribution in [-0.2, 0) is 4.79 Å². The minimum absolute atomic E-state index is 0.117. The van der Waals surface area contributed by atoms with Gasteiger partial charge in [-0.15, -0.1) is 0 Å². The Balaban J connectivity index is 3.35. The van der Waals surface area contributed by atoms with Gasteiger partial charge in [-0.2, -0.15) is 0 Å².